The smallest absolute Gasteiger partial charge is 0.386 e. The highest BCUT2D eigenvalue weighted by Crippen LogP contribution is 2.50. The van der Waals surface area contributed by atoms with Crippen LogP contribution in [0, 0.1) is 69.8 Å². The quantitative estimate of drug-likeness (QED) is 0.0223. The molecule has 3 N–H and O–H groups in total. The lowest BCUT2D eigenvalue weighted by atomic mass is 10.1. The highest BCUT2D eigenvalue weighted by Gasteiger charge is 2.35. The number of hydrogen-bond acceptors (Lipinski definition) is 10. The molecule has 0 saturated carbocycles. The number of hydrogen-bond donors (Lipinski definition) is 3. The van der Waals surface area contributed by atoms with E-state index < -0.39 is 146 Å². The van der Waals surface area contributed by atoms with Crippen LogP contribution >= 0.6 is 7.82 Å². The first kappa shape index (κ1) is 50.9. The summed E-state index contributed by atoms with van der Waals surface area (Å²) in [4.78, 5) is 44.2. The number of phosphoric ester groups is 1. The Balaban J connectivity index is 1.26. The predicted octanol–water partition coefficient (Wildman–Crippen LogP) is 13.6. The number of azide groups is 3. The van der Waals surface area contributed by atoms with E-state index >= 15 is 0 Å². The van der Waals surface area contributed by atoms with Crippen LogP contribution in [0.1, 0.15) is 31.1 Å². The van der Waals surface area contributed by atoms with Gasteiger partial charge in [0.2, 0.25) is 0 Å². The molecule has 0 unspecified atom stereocenters. The van der Waals surface area contributed by atoms with Crippen LogP contribution in [0.15, 0.2) is 88.1 Å². The number of rotatable bonds is 15. The van der Waals surface area contributed by atoms with Crippen LogP contribution in [-0.4, -0.2) is 17.7 Å². The molecular weight excluding hydrogens is 1010 g/mol. The minimum absolute atomic E-state index is 0.360. The van der Waals surface area contributed by atoms with Gasteiger partial charge in [-0.25, -0.2) is 52.7 Å². The molecule has 0 saturated heterocycles. The Morgan fingerprint density at radius 2 is 0.577 bits per heavy atom. The van der Waals surface area contributed by atoms with Gasteiger partial charge in [-0.15, -0.1) is 0 Å². The minimum Gasteiger partial charge on any atom is -0.386 e. The van der Waals surface area contributed by atoms with Crippen molar-refractivity contribution in [3.8, 4) is 17.2 Å². The Morgan fingerprint density at radius 1 is 0.380 bits per heavy atom. The van der Waals surface area contributed by atoms with E-state index in [1.54, 1.807) is 0 Å². The van der Waals surface area contributed by atoms with Gasteiger partial charge in [0, 0.05) is 31.8 Å². The summed E-state index contributed by atoms with van der Waals surface area (Å²) in [5.74, 6) is -33.3. The lowest BCUT2D eigenvalue weighted by Gasteiger charge is -2.20. The van der Waals surface area contributed by atoms with Crippen LogP contribution in [0.25, 0.3) is 31.3 Å². The van der Waals surface area contributed by atoms with Crippen LogP contribution in [0.4, 0.5) is 86.8 Å². The second kappa shape index (κ2) is 20.8. The summed E-state index contributed by atoms with van der Waals surface area (Å²) in [6.45, 7) is 0. The van der Waals surface area contributed by atoms with Gasteiger partial charge in [0.25, 0.3) is 17.7 Å². The molecule has 19 nitrogen and oxygen atoms in total. The molecule has 0 bridgehead atoms. The summed E-state index contributed by atoms with van der Waals surface area (Å²) < 4.78 is 204. The third-order valence-electron chi connectivity index (χ3n) is 8.82. The van der Waals surface area contributed by atoms with Crippen LogP contribution < -0.4 is 29.5 Å². The summed E-state index contributed by atoms with van der Waals surface area (Å²) in [7, 11) is -5.17. The molecule has 0 spiro atoms. The molecule has 0 fully saturated rings. The van der Waals surface area contributed by atoms with Gasteiger partial charge >= 0.3 is 7.82 Å². The lowest BCUT2D eigenvalue weighted by molar-refractivity contribution is 0.100. The van der Waals surface area contributed by atoms with Crippen molar-refractivity contribution in [1.29, 1.82) is 0 Å². The minimum atomic E-state index is -5.17. The van der Waals surface area contributed by atoms with Crippen molar-refractivity contribution in [3.63, 3.8) is 0 Å². The van der Waals surface area contributed by atoms with Crippen molar-refractivity contribution in [2.45, 2.75) is 0 Å². The van der Waals surface area contributed by atoms with Gasteiger partial charge < -0.3 is 29.5 Å². The Hall–Kier alpha value is -9.55. The van der Waals surface area contributed by atoms with E-state index in [9.17, 15) is 71.6 Å². The zero-order valence-electron chi connectivity index (χ0n) is 33.8. The highest BCUT2D eigenvalue weighted by atomic mass is 31.2. The number of carbonyl (C=O) groups is 3. The fraction of sp³-hybridized carbons (Fsp3) is 0. The molecule has 362 valence electrons. The van der Waals surface area contributed by atoms with E-state index in [0.29, 0.717) is 0 Å². The van der Waals surface area contributed by atoms with Gasteiger partial charge in [-0.1, -0.05) is 15.3 Å². The normalized spacial score (nSPS) is 11.4. The Bertz CT molecular complexity index is 2970. The molecule has 0 aromatic heterocycles. The van der Waals surface area contributed by atoms with Crippen LogP contribution in [0.2, 0.25) is 0 Å². The van der Waals surface area contributed by atoms with Crippen LogP contribution in [0.3, 0.4) is 0 Å². The number of halogens is 12. The first-order chi connectivity index (χ1) is 33.6. The molecule has 6 aromatic rings. The van der Waals surface area contributed by atoms with Gasteiger partial charge in [-0.2, -0.15) is 4.57 Å². The topological polar surface area (TPSA) is 278 Å². The van der Waals surface area contributed by atoms with E-state index in [-0.39, 0.29) is 17.1 Å². The maximum atomic E-state index is 14.6. The molecule has 0 aliphatic rings. The van der Waals surface area contributed by atoms with E-state index in [1.807, 2.05) is 30.7 Å². The Morgan fingerprint density at radius 3 is 0.761 bits per heavy atom. The first-order valence-electron chi connectivity index (χ1n) is 18.3. The summed E-state index contributed by atoms with van der Waals surface area (Å²) in [6, 6.07) is 11.0. The zero-order valence-corrected chi connectivity index (χ0v) is 34.7. The van der Waals surface area contributed by atoms with E-state index in [0.717, 1.165) is 72.8 Å². The number of carbonyl (C=O) groups excluding carboxylic acids is 3. The molecule has 0 aliphatic carbocycles. The summed E-state index contributed by atoms with van der Waals surface area (Å²) in [5, 5.41) is 13.3. The average Bonchev–Trinajstić information content (AvgIpc) is 3.33. The van der Waals surface area contributed by atoms with Crippen molar-refractivity contribution < 1.29 is 85.2 Å². The van der Waals surface area contributed by atoms with Gasteiger partial charge in [0.05, 0.1) is 0 Å². The molecule has 32 heteroatoms. The van der Waals surface area contributed by atoms with Crippen molar-refractivity contribution >= 4 is 59.7 Å². The maximum absolute atomic E-state index is 14.6. The summed E-state index contributed by atoms with van der Waals surface area (Å²) in [5.41, 5.74) is 13.8. The number of phosphoric acid groups is 1. The van der Waals surface area contributed by atoms with Crippen LogP contribution in [-0.2, 0) is 4.57 Å². The number of anilines is 3. The molecule has 3 amide bonds. The average molecular weight is 1020 g/mol. The molecule has 0 heterocycles. The van der Waals surface area contributed by atoms with Gasteiger partial charge in [-0.05, 0) is 89.4 Å². The van der Waals surface area contributed by atoms with Crippen LogP contribution in [0.5, 0.6) is 17.2 Å². The first-order valence-corrected chi connectivity index (χ1v) is 19.8. The molecule has 71 heavy (non-hydrogen) atoms. The Labute approximate surface area is 383 Å². The zero-order chi connectivity index (χ0) is 52.1. The fourth-order valence-electron chi connectivity index (χ4n) is 5.68. The number of nitrogens with one attached hydrogen (secondary N) is 3. The van der Waals surface area contributed by atoms with Gasteiger partial charge in [0.15, 0.2) is 69.8 Å². The fourth-order valence-corrected chi connectivity index (χ4v) is 6.93. The summed E-state index contributed by atoms with van der Waals surface area (Å²) >= 11 is 0. The molecule has 0 aliphatic heterocycles. The van der Waals surface area contributed by atoms with E-state index in [1.165, 1.54) is 0 Å². The van der Waals surface area contributed by atoms with E-state index in [4.69, 9.17) is 30.2 Å². The third kappa shape index (κ3) is 10.5. The molecule has 0 atom stereocenters. The maximum Gasteiger partial charge on any atom is 0.647 e. The Kier molecular flexibility index (Phi) is 14.9. The largest absolute Gasteiger partial charge is 0.647 e. The summed E-state index contributed by atoms with van der Waals surface area (Å²) in [6.07, 6.45) is 0. The number of benzene rings is 6. The van der Waals surface area contributed by atoms with Crippen molar-refractivity contribution in [2.75, 3.05) is 16.0 Å². The molecular formula is C39H15F12N12O7P. The second-order valence-corrected chi connectivity index (χ2v) is 14.6. The molecule has 6 rings (SSSR count). The molecule has 6 aromatic carbocycles. The predicted molar refractivity (Wildman–Crippen MR) is 218 cm³/mol. The van der Waals surface area contributed by atoms with Crippen molar-refractivity contribution in [1.82, 2.24) is 0 Å². The third-order valence-corrected chi connectivity index (χ3v) is 10.1. The number of amides is 3. The standard InChI is InChI=1S/C39H15F12N12O7P/c40-22-19(23(41)29(47)34(28(22)46)58-61-52)37(64)55-13-1-7-16(8-2-13)68-71(67,69-17-9-3-14(4-10-17)56-38(65)20-24(42)30(48)35(59-62-53)31(49)25(20)43)70-18-11-5-15(6-12-18)57-39(66)21-26(44)32(50)36(60-63-54)33(51)27(21)45/h1-12H,(H,55,64)(H,56,65)(H,57,66). The monoisotopic (exact) mass is 1020 g/mol. The van der Waals surface area contributed by atoms with Gasteiger partial charge in [-0.3, -0.25) is 14.4 Å². The highest BCUT2D eigenvalue weighted by molar-refractivity contribution is 7.49. The van der Waals surface area contributed by atoms with Crippen molar-refractivity contribution in [2.24, 2.45) is 15.3 Å². The SMILES string of the molecule is [N-]=[N+]=Nc1c(F)c(F)c(C(=O)Nc2ccc(OP(=O)(Oc3ccc(NC(=O)c4c(F)c(F)c(N=[N+]=[N-])c(F)c4F)cc3)Oc3ccc(NC(=O)c4c(F)c(F)c(N=[N+]=[N-])c(F)c4F)cc3)cc2)c(F)c1F. The lowest BCUT2D eigenvalue weighted by Crippen LogP contribution is -2.18. The van der Waals surface area contributed by atoms with Gasteiger partial charge in [0.1, 0.15) is 51.0 Å². The van der Waals surface area contributed by atoms with E-state index in [2.05, 4.69) is 15.3 Å². The van der Waals surface area contributed by atoms with Crippen molar-refractivity contribution in [3.05, 3.63) is 191 Å². The number of nitrogens with zero attached hydrogens (tertiary/aromatic N) is 9. The second-order valence-electron chi connectivity index (χ2n) is 13.2. The molecule has 0 radical (unpaired) electrons.